The SMILES string of the molecule is Cc1cc(S(=O)(=O)N(C)C2CCC(C)(C)CC2)sc1CCl. The minimum atomic E-state index is -3.39. The predicted octanol–water partition coefficient (Wildman–Crippen LogP) is 4.38. The van der Waals surface area contributed by atoms with Crippen molar-refractivity contribution in [3.8, 4) is 0 Å². The van der Waals surface area contributed by atoms with Gasteiger partial charge in [-0.25, -0.2) is 8.42 Å². The van der Waals surface area contributed by atoms with Gasteiger partial charge in [-0.1, -0.05) is 13.8 Å². The van der Waals surface area contributed by atoms with Crippen LogP contribution in [0.15, 0.2) is 10.3 Å². The zero-order valence-corrected chi connectivity index (χ0v) is 15.5. The number of hydrogen-bond donors (Lipinski definition) is 0. The average molecular weight is 350 g/mol. The lowest BCUT2D eigenvalue weighted by atomic mass is 9.76. The van der Waals surface area contributed by atoms with Gasteiger partial charge >= 0.3 is 0 Å². The van der Waals surface area contributed by atoms with E-state index in [1.807, 2.05) is 6.92 Å². The average Bonchev–Trinajstić information content (AvgIpc) is 2.80. The Morgan fingerprint density at radius 2 is 1.95 bits per heavy atom. The van der Waals surface area contributed by atoms with Crippen molar-refractivity contribution in [2.45, 2.75) is 62.6 Å². The highest BCUT2D eigenvalue weighted by Gasteiger charge is 2.34. The largest absolute Gasteiger partial charge is 0.252 e. The molecule has 0 atom stereocenters. The summed E-state index contributed by atoms with van der Waals surface area (Å²) in [6, 6.07) is 1.87. The molecule has 3 nitrogen and oxygen atoms in total. The molecule has 0 spiro atoms. The molecule has 1 aliphatic rings. The number of rotatable bonds is 4. The third-order valence-electron chi connectivity index (χ3n) is 4.58. The molecule has 0 aromatic carbocycles. The van der Waals surface area contributed by atoms with Gasteiger partial charge in [-0.15, -0.1) is 22.9 Å². The molecular weight excluding hydrogens is 326 g/mol. The Labute approximate surface area is 137 Å². The second kappa shape index (κ2) is 6.19. The van der Waals surface area contributed by atoms with Gasteiger partial charge in [0, 0.05) is 18.0 Å². The second-order valence-corrected chi connectivity index (χ2v) is 10.4. The van der Waals surface area contributed by atoms with Crippen LogP contribution in [-0.2, 0) is 15.9 Å². The van der Waals surface area contributed by atoms with Crippen LogP contribution >= 0.6 is 22.9 Å². The summed E-state index contributed by atoms with van der Waals surface area (Å²) in [5.41, 5.74) is 1.30. The van der Waals surface area contributed by atoms with E-state index in [-0.39, 0.29) is 6.04 Å². The van der Waals surface area contributed by atoms with E-state index in [0.29, 0.717) is 15.5 Å². The van der Waals surface area contributed by atoms with Gasteiger partial charge in [-0.2, -0.15) is 4.31 Å². The first kappa shape index (κ1) is 17.3. The maximum atomic E-state index is 12.8. The van der Waals surface area contributed by atoms with E-state index in [2.05, 4.69) is 13.8 Å². The third-order valence-corrected chi connectivity index (χ3v) is 8.60. The highest BCUT2D eigenvalue weighted by Crippen LogP contribution is 2.38. The summed E-state index contributed by atoms with van der Waals surface area (Å²) in [5, 5.41) is 0. The Bertz CT molecular complexity index is 597. The second-order valence-electron chi connectivity index (χ2n) is 6.72. The van der Waals surface area contributed by atoms with E-state index in [9.17, 15) is 8.42 Å². The quantitative estimate of drug-likeness (QED) is 0.756. The first-order valence-electron chi connectivity index (χ1n) is 7.31. The molecule has 0 aliphatic heterocycles. The predicted molar refractivity (Wildman–Crippen MR) is 89.6 cm³/mol. The first-order valence-corrected chi connectivity index (χ1v) is 10.1. The molecular formula is C15H24ClNO2S2. The smallest absolute Gasteiger partial charge is 0.206 e. The van der Waals surface area contributed by atoms with E-state index in [4.69, 9.17) is 11.6 Å². The fourth-order valence-electron chi connectivity index (χ4n) is 2.83. The highest BCUT2D eigenvalue weighted by molar-refractivity contribution is 7.91. The Morgan fingerprint density at radius 1 is 1.38 bits per heavy atom. The van der Waals surface area contributed by atoms with Crippen LogP contribution in [0.1, 0.15) is 50.0 Å². The van der Waals surface area contributed by atoms with Gasteiger partial charge in [0.1, 0.15) is 4.21 Å². The van der Waals surface area contributed by atoms with Gasteiger partial charge in [0.05, 0.1) is 5.88 Å². The zero-order valence-electron chi connectivity index (χ0n) is 13.1. The highest BCUT2D eigenvalue weighted by atomic mass is 35.5. The molecule has 1 aliphatic carbocycles. The molecule has 0 radical (unpaired) electrons. The molecule has 0 unspecified atom stereocenters. The standard InChI is InChI=1S/C15H24ClNO2S2/c1-11-9-14(20-13(11)10-16)21(18,19)17(4)12-5-7-15(2,3)8-6-12/h9,12H,5-8,10H2,1-4H3. The molecule has 0 N–H and O–H groups in total. The van der Waals surface area contributed by atoms with Crippen molar-refractivity contribution in [2.75, 3.05) is 7.05 Å². The summed E-state index contributed by atoms with van der Waals surface area (Å²) in [7, 11) is -1.68. The van der Waals surface area contributed by atoms with E-state index < -0.39 is 10.0 Å². The summed E-state index contributed by atoms with van der Waals surface area (Å²) >= 11 is 7.15. The molecule has 0 bridgehead atoms. The molecule has 1 aromatic rings. The van der Waals surface area contributed by atoms with E-state index in [1.54, 1.807) is 17.4 Å². The van der Waals surface area contributed by atoms with Crippen LogP contribution < -0.4 is 0 Å². The molecule has 2 rings (SSSR count). The Morgan fingerprint density at radius 3 is 2.43 bits per heavy atom. The van der Waals surface area contributed by atoms with Crippen molar-refractivity contribution in [1.82, 2.24) is 4.31 Å². The maximum absolute atomic E-state index is 12.8. The van der Waals surface area contributed by atoms with Crippen LogP contribution in [0.5, 0.6) is 0 Å². The van der Waals surface area contributed by atoms with Crippen molar-refractivity contribution >= 4 is 33.0 Å². The lowest BCUT2D eigenvalue weighted by molar-refractivity contribution is 0.174. The first-order chi connectivity index (χ1) is 9.67. The van der Waals surface area contributed by atoms with E-state index >= 15 is 0 Å². The summed E-state index contributed by atoms with van der Waals surface area (Å²) in [4.78, 5) is 0.938. The number of aryl methyl sites for hydroxylation is 1. The molecule has 1 saturated carbocycles. The number of alkyl halides is 1. The molecule has 1 fully saturated rings. The van der Waals surface area contributed by atoms with Crippen molar-refractivity contribution in [1.29, 1.82) is 0 Å². The molecule has 120 valence electrons. The summed E-state index contributed by atoms with van der Waals surface area (Å²) in [5.74, 6) is 0.368. The Kier molecular flexibility index (Phi) is 5.08. The number of nitrogens with zero attached hydrogens (tertiary/aromatic N) is 1. The fourth-order valence-corrected chi connectivity index (χ4v) is 6.25. The third kappa shape index (κ3) is 3.63. The number of hydrogen-bond acceptors (Lipinski definition) is 3. The summed E-state index contributed by atoms with van der Waals surface area (Å²) in [6.07, 6.45) is 4.03. The number of halogens is 1. The number of sulfonamides is 1. The molecule has 0 amide bonds. The Balaban J connectivity index is 2.19. The van der Waals surface area contributed by atoms with Crippen LogP contribution in [0, 0.1) is 12.3 Å². The van der Waals surface area contributed by atoms with Crippen molar-refractivity contribution in [3.63, 3.8) is 0 Å². The van der Waals surface area contributed by atoms with Gasteiger partial charge < -0.3 is 0 Å². The minimum Gasteiger partial charge on any atom is -0.206 e. The Hall–Kier alpha value is -0.100. The maximum Gasteiger partial charge on any atom is 0.252 e. The van der Waals surface area contributed by atoms with Gasteiger partial charge in [-0.3, -0.25) is 0 Å². The van der Waals surface area contributed by atoms with Gasteiger partial charge in [0.2, 0.25) is 0 Å². The van der Waals surface area contributed by atoms with Crippen LogP contribution in [-0.4, -0.2) is 25.8 Å². The van der Waals surface area contributed by atoms with Gasteiger partial charge in [-0.05, 0) is 49.7 Å². The van der Waals surface area contributed by atoms with E-state index in [0.717, 1.165) is 36.1 Å². The van der Waals surface area contributed by atoms with Crippen LogP contribution in [0.3, 0.4) is 0 Å². The van der Waals surface area contributed by atoms with Gasteiger partial charge in [0.25, 0.3) is 10.0 Å². The van der Waals surface area contributed by atoms with Crippen LogP contribution in [0.4, 0.5) is 0 Å². The monoisotopic (exact) mass is 349 g/mol. The van der Waals surface area contributed by atoms with E-state index in [1.165, 1.54) is 11.3 Å². The summed E-state index contributed by atoms with van der Waals surface area (Å²) < 4.78 is 27.5. The summed E-state index contributed by atoms with van der Waals surface area (Å²) in [6.45, 7) is 6.43. The molecule has 1 aromatic heterocycles. The van der Waals surface area contributed by atoms with Crippen molar-refractivity contribution in [2.24, 2.45) is 5.41 Å². The molecule has 6 heteroatoms. The van der Waals surface area contributed by atoms with Crippen LogP contribution in [0.25, 0.3) is 0 Å². The topological polar surface area (TPSA) is 37.4 Å². The van der Waals surface area contributed by atoms with Crippen molar-refractivity contribution in [3.05, 3.63) is 16.5 Å². The molecule has 1 heterocycles. The molecule has 0 saturated heterocycles. The molecule has 21 heavy (non-hydrogen) atoms. The normalized spacial score (nSPS) is 20.1. The zero-order chi connectivity index (χ0) is 15.8. The van der Waals surface area contributed by atoms with Crippen LogP contribution in [0.2, 0.25) is 0 Å². The fraction of sp³-hybridized carbons (Fsp3) is 0.733. The minimum absolute atomic E-state index is 0.116. The number of thiophene rings is 1. The lowest BCUT2D eigenvalue weighted by Gasteiger charge is -2.37. The van der Waals surface area contributed by atoms with Gasteiger partial charge in [0.15, 0.2) is 0 Å². The lowest BCUT2D eigenvalue weighted by Crippen LogP contribution is -2.40. The van der Waals surface area contributed by atoms with Crippen molar-refractivity contribution < 1.29 is 8.42 Å².